The lowest BCUT2D eigenvalue weighted by Gasteiger charge is -2.20. The molecule has 0 aliphatic heterocycles. The third-order valence-corrected chi connectivity index (χ3v) is 3.34. The van der Waals surface area contributed by atoms with E-state index in [4.69, 9.17) is 11.6 Å². The number of benzene rings is 2. The minimum absolute atomic E-state index is 0.0447. The number of hydrogen-bond acceptors (Lipinski definition) is 1. The van der Waals surface area contributed by atoms with Gasteiger partial charge in [0.15, 0.2) is 0 Å². The molecule has 2 aromatic rings. The van der Waals surface area contributed by atoms with Gasteiger partial charge >= 0.3 is 0 Å². The molecule has 0 aliphatic carbocycles. The average molecular weight is 296 g/mol. The maximum absolute atomic E-state index is 14.0. The number of rotatable bonds is 5. The van der Waals surface area contributed by atoms with Gasteiger partial charge < -0.3 is 5.32 Å². The first-order valence-electron chi connectivity index (χ1n) is 6.56. The highest BCUT2D eigenvalue weighted by Gasteiger charge is 2.21. The van der Waals surface area contributed by atoms with Gasteiger partial charge in [-0.25, -0.2) is 8.78 Å². The molecule has 4 heteroatoms. The van der Waals surface area contributed by atoms with Crippen molar-refractivity contribution in [2.75, 3.05) is 6.54 Å². The van der Waals surface area contributed by atoms with Crippen molar-refractivity contribution in [3.8, 4) is 0 Å². The highest BCUT2D eigenvalue weighted by atomic mass is 35.5. The molecular formula is C16H16ClF2N. The van der Waals surface area contributed by atoms with Gasteiger partial charge in [-0.15, -0.1) is 0 Å². The number of hydrogen-bond donors (Lipinski definition) is 1. The Morgan fingerprint density at radius 1 is 1.05 bits per heavy atom. The molecule has 0 radical (unpaired) electrons. The second kappa shape index (κ2) is 6.82. The van der Waals surface area contributed by atoms with Crippen molar-refractivity contribution in [3.05, 3.63) is 70.2 Å². The Bertz CT molecular complexity index is 549. The van der Waals surface area contributed by atoms with Crippen molar-refractivity contribution >= 4 is 11.6 Å². The normalized spacial score (nSPS) is 12.4. The minimum Gasteiger partial charge on any atom is -0.306 e. The second-order valence-electron chi connectivity index (χ2n) is 4.57. The summed E-state index contributed by atoms with van der Waals surface area (Å²) in [6.07, 6.45) is 0.875. The predicted octanol–water partition coefficient (Wildman–Crippen LogP) is 4.71. The van der Waals surface area contributed by atoms with E-state index in [-0.39, 0.29) is 5.56 Å². The zero-order valence-corrected chi connectivity index (χ0v) is 11.9. The molecule has 0 spiro atoms. The fraction of sp³-hybridized carbons (Fsp3) is 0.250. The van der Waals surface area contributed by atoms with Crippen molar-refractivity contribution in [2.24, 2.45) is 0 Å². The molecule has 106 valence electrons. The summed E-state index contributed by atoms with van der Waals surface area (Å²) < 4.78 is 28.0. The first-order chi connectivity index (χ1) is 9.63. The third-order valence-electron chi connectivity index (χ3n) is 3.09. The Labute approximate surface area is 122 Å². The van der Waals surface area contributed by atoms with Gasteiger partial charge in [-0.2, -0.15) is 0 Å². The van der Waals surface area contributed by atoms with Gasteiger partial charge in [0, 0.05) is 10.6 Å². The standard InChI is InChI=1S/C16H16ClF2N/c1-2-10-20-16(11-6-8-12(17)9-7-11)15-13(18)4-3-5-14(15)19/h3-9,16,20H,2,10H2,1H3. The van der Waals surface area contributed by atoms with Crippen LogP contribution >= 0.6 is 11.6 Å². The third kappa shape index (κ3) is 3.35. The predicted molar refractivity (Wildman–Crippen MR) is 77.9 cm³/mol. The van der Waals surface area contributed by atoms with Crippen molar-refractivity contribution in [1.29, 1.82) is 0 Å². The molecule has 1 atom stereocenters. The SMILES string of the molecule is CCCNC(c1ccc(Cl)cc1)c1c(F)cccc1F. The van der Waals surface area contributed by atoms with Crippen LogP contribution in [0.1, 0.15) is 30.5 Å². The molecule has 0 saturated heterocycles. The summed E-state index contributed by atoms with van der Waals surface area (Å²) in [7, 11) is 0. The van der Waals surface area contributed by atoms with E-state index in [1.165, 1.54) is 18.2 Å². The molecule has 0 aliphatic rings. The lowest BCUT2D eigenvalue weighted by Crippen LogP contribution is -2.25. The summed E-state index contributed by atoms with van der Waals surface area (Å²) in [5.74, 6) is -1.10. The lowest BCUT2D eigenvalue weighted by molar-refractivity contribution is 0.503. The first kappa shape index (κ1) is 14.9. The molecular weight excluding hydrogens is 280 g/mol. The lowest BCUT2D eigenvalue weighted by atomic mass is 9.97. The summed E-state index contributed by atoms with van der Waals surface area (Å²) in [5, 5.41) is 3.77. The molecule has 1 unspecified atom stereocenters. The van der Waals surface area contributed by atoms with Gasteiger partial charge in [-0.1, -0.05) is 36.7 Å². The molecule has 20 heavy (non-hydrogen) atoms. The molecule has 1 nitrogen and oxygen atoms in total. The molecule has 2 aromatic carbocycles. The molecule has 0 aromatic heterocycles. The fourth-order valence-electron chi connectivity index (χ4n) is 2.12. The van der Waals surface area contributed by atoms with Gasteiger partial charge in [0.05, 0.1) is 6.04 Å². The molecule has 0 fully saturated rings. The Hall–Kier alpha value is -1.45. The van der Waals surface area contributed by atoms with E-state index in [9.17, 15) is 8.78 Å². The summed E-state index contributed by atoms with van der Waals surface area (Å²) in [6.45, 7) is 2.67. The van der Waals surface area contributed by atoms with Crippen LogP contribution in [0.5, 0.6) is 0 Å². The molecule has 0 saturated carbocycles. The van der Waals surface area contributed by atoms with Crippen molar-refractivity contribution in [1.82, 2.24) is 5.32 Å². The van der Waals surface area contributed by atoms with E-state index in [0.717, 1.165) is 12.0 Å². The van der Waals surface area contributed by atoms with E-state index in [2.05, 4.69) is 5.32 Å². The van der Waals surface area contributed by atoms with Gasteiger partial charge in [-0.3, -0.25) is 0 Å². The van der Waals surface area contributed by atoms with Crippen LogP contribution < -0.4 is 5.32 Å². The molecule has 0 heterocycles. The maximum atomic E-state index is 14.0. The van der Waals surface area contributed by atoms with Gasteiger partial charge in [-0.05, 0) is 42.8 Å². The molecule has 1 N–H and O–H groups in total. The smallest absolute Gasteiger partial charge is 0.131 e. The summed E-state index contributed by atoms with van der Waals surface area (Å²) >= 11 is 5.86. The Balaban J connectivity index is 2.44. The van der Waals surface area contributed by atoms with Crippen LogP contribution in [0, 0.1) is 11.6 Å². The van der Waals surface area contributed by atoms with Crippen molar-refractivity contribution in [3.63, 3.8) is 0 Å². The zero-order valence-electron chi connectivity index (χ0n) is 11.2. The van der Waals surface area contributed by atoms with E-state index in [1.807, 2.05) is 6.92 Å². The second-order valence-corrected chi connectivity index (χ2v) is 5.01. The van der Waals surface area contributed by atoms with E-state index < -0.39 is 17.7 Å². The van der Waals surface area contributed by atoms with Crippen LogP contribution in [0.2, 0.25) is 5.02 Å². The van der Waals surface area contributed by atoms with Gasteiger partial charge in [0.2, 0.25) is 0 Å². The van der Waals surface area contributed by atoms with Crippen LogP contribution in [0.25, 0.3) is 0 Å². The Morgan fingerprint density at radius 2 is 1.65 bits per heavy atom. The molecule has 2 rings (SSSR count). The van der Waals surface area contributed by atoms with Crippen molar-refractivity contribution < 1.29 is 8.78 Å². The number of halogens is 3. The van der Waals surface area contributed by atoms with E-state index in [0.29, 0.717) is 11.6 Å². The zero-order chi connectivity index (χ0) is 14.5. The topological polar surface area (TPSA) is 12.0 Å². The summed E-state index contributed by atoms with van der Waals surface area (Å²) in [6, 6.07) is 10.4. The molecule has 0 bridgehead atoms. The Kier molecular flexibility index (Phi) is 5.10. The minimum atomic E-state index is -0.548. The van der Waals surface area contributed by atoms with Gasteiger partial charge in [0.1, 0.15) is 11.6 Å². The van der Waals surface area contributed by atoms with Crippen LogP contribution in [-0.4, -0.2) is 6.54 Å². The van der Waals surface area contributed by atoms with Gasteiger partial charge in [0.25, 0.3) is 0 Å². The quantitative estimate of drug-likeness (QED) is 0.842. The van der Waals surface area contributed by atoms with Crippen LogP contribution in [-0.2, 0) is 0 Å². The van der Waals surface area contributed by atoms with Crippen LogP contribution in [0.3, 0.4) is 0 Å². The monoisotopic (exact) mass is 295 g/mol. The maximum Gasteiger partial charge on any atom is 0.131 e. The van der Waals surface area contributed by atoms with E-state index >= 15 is 0 Å². The van der Waals surface area contributed by atoms with Crippen LogP contribution in [0.15, 0.2) is 42.5 Å². The summed E-state index contributed by atoms with van der Waals surface area (Å²) in [4.78, 5) is 0. The highest BCUT2D eigenvalue weighted by molar-refractivity contribution is 6.30. The summed E-state index contributed by atoms with van der Waals surface area (Å²) in [5.41, 5.74) is 0.829. The van der Waals surface area contributed by atoms with Crippen LogP contribution in [0.4, 0.5) is 8.78 Å². The highest BCUT2D eigenvalue weighted by Crippen LogP contribution is 2.27. The first-order valence-corrected chi connectivity index (χ1v) is 6.94. The van der Waals surface area contributed by atoms with E-state index in [1.54, 1.807) is 24.3 Å². The fourth-order valence-corrected chi connectivity index (χ4v) is 2.24. The molecule has 0 amide bonds. The average Bonchev–Trinajstić information content (AvgIpc) is 2.43. The van der Waals surface area contributed by atoms with Crippen molar-refractivity contribution in [2.45, 2.75) is 19.4 Å². The largest absolute Gasteiger partial charge is 0.306 e. The Morgan fingerprint density at radius 3 is 2.20 bits per heavy atom. The number of nitrogens with one attached hydrogen (secondary N) is 1.